The van der Waals surface area contributed by atoms with E-state index in [-0.39, 0.29) is 36.1 Å². The van der Waals surface area contributed by atoms with Crippen molar-refractivity contribution < 1.29 is 19.0 Å². The van der Waals surface area contributed by atoms with Gasteiger partial charge in [-0.15, -0.1) is 0 Å². The Morgan fingerprint density at radius 3 is 3.19 bits per heavy atom. The average molecular weight is 244 g/mol. The number of thiol groups is 1. The van der Waals surface area contributed by atoms with Crippen molar-refractivity contribution >= 4 is 18.6 Å². The van der Waals surface area contributed by atoms with Gasteiger partial charge in [0.2, 0.25) is 0 Å². The third-order valence-corrected chi connectivity index (χ3v) is 4.09. The molecule has 3 aliphatic heterocycles. The first-order valence-corrected chi connectivity index (χ1v) is 6.49. The topological polar surface area (TPSA) is 44.8 Å². The van der Waals surface area contributed by atoms with Crippen LogP contribution in [0.1, 0.15) is 12.8 Å². The molecule has 3 saturated heterocycles. The van der Waals surface area contributed by atoms with Crippen LogP contribution < -0.4 is 0 Å². The molecule has 0 aliphatic carbocycles. The molecule has 5 heteroatoms. The molecule has 0 aromatic rings. The second-order valence-corrected chi connectivity index (χ2v) is 5.13. The molecule has 3 fully saturated rings. The Balaban J connectivity index is 1.61. The van der Waals surface area contributed by atoms with Crippen molar-refractivity contribution in [3.63, 3.8) is 0 Å². The number of hydrogen-bond donors (Lipinski definition) is 1. The lowest BCUT2D eigenvalue weighted by Crippen LogP contribution is -2.38. The molecule has 0 aromatic carbocycles. The van der Waals surface area contributed by atoms with Crippen LogP contribution >= 0.6 is 12.6 Å². The van der Waals surface area contributed by atoms with E-state index in [4.69, 9.17) is 14.2 Å². The molecule has 0 radical (unpaired) electrons. The van der Waals surface area contributed by atoms with Gasteiger partial charge in [0.1, 0.15) is 0 Å². The van der Waals surface area contributed by atoms with Crippen LogP contribution in [0.3, 0.4) is 0 Å². The van der Waals surface area contributed by atoms with E-state index in [2.05, 4.69) is 12.6 Å². The monoisotopic (exact) mass is 244 g/mol. The first-order valence-electron chi connectivity index (χ1n) is 5.86. The summed E-state index contributed by atoms with van der Waals surface area (Å²) in [5.41, 5.74) is 0. The predicted molar refractivity (Wildman–Crippen MR) is 59.4 cm³/mol. The van der Waals surface area contributed by atoms with Crippen LogP contribution in [0.15, 0.2) is 0 Å². The summed E-state index contributed by atoms with van der Waals surface area (Å²) in [5.74, 6) is 0.975. The molecule has 3 aliphatic rings. The molecular formula is C11H16O4S. The van der Waals surface area contributed by atoms with Crippen LogP contribution in [0.4, 0.5) is 0 Å². The highest BCUT2D eigenvalue weighted by Gasteiger charge is 2.60. The maximum atomic E-state index is 11.5. The SMILES string of the molecule is O=C1OCC2C3OC(CC3OCCCS)C12. The van der Waals surface area contributed by atoms with Gasteiger partial charge in [0.25, 0.3) is 0 Å². The molecule has 3 heterocycles. The van der Waals surface area contributed by atoms with E-state index in [0.717, 1.165) is 25.2 Å². The van der Waals surface area contributed by atoms with Crippen LogP contribution in [0.25, 0.3) is 0 Å². The lowest BCUT2D eigenvalue weighted by Gasteiger charge is -2.25. The summed E-state index contributed by atoms with van der Waals surface area (Å²) in [7, 11) is 0. The van der Waals surface area contributed by atoms with Gasteiger partial charge in [0.15, 0.2) is 0 Å². The molecule has 16 heavy (non-hydrogen) atoms. The summed E-state index contributed by atoms with van der Waals surface area (Å²) in [6.45, 7) is 1.24. The quantitative estimate of drug-likeness (QED) is 0.448. The van der Waals surface area contributed by atoms with Gasteiger partial charge in [-0.2, -0.15) is 12.6 Å². The fourth-order valence-corrected chi connectivity index (χ4v) is 3.19. The molecule has 0 spiro atoms. The van der Waals surface area contributed by atoms with Crippen molar-refractivity contribution in [2.75, 3.05) is 19.0 Å². The number of carbonyl (C=O) groups is 1. The van der Waals surface area contributed by atoms with Gasteiger partial charge in [-0.25, -0.2) is 0 Å². The number of fused-ring (bicyclic) bond motifs is 5. The summed E-state index contributed by atoms with van der Waals surface area (Å²) < 4.78 is 16.7. The second-order valence-electron chi connectivity index (χ2n) is 4.68. The number of esters is 1. The van der Waals surface area contributed by atoms with Gasteiger partial charge < -0.3 is 14.2 Å². The van der Waals surface area contributed by atoms with E-state index in [1.165, 1.54) is 0 Å². The van der Waals surface area contributed by atoms with Gasteiger partial charge in [-0.05, 0) is 12.2 Å². The number of carbonyl (C=O) groups excluding carboxylic acids is 1. The fraction of sp³-hybridized carbons (Fsp3) is 0.909. The summed E-state index contributed by atoms with van der Waals surface area (Å²) in [6, 6.07) is 0. The fourth-order valence-electron chi connectivity index (χ4n) is 3.06. The summed E-state index contributed by atoms with van der Waals surface area (Å²) in [6.07, 6.45) is 2.06. The third-order valence-electron chi connectivity index (χ3n) is 3.77. The first kappa shape index (κ1) is 10.9. The second kappa shape index (κ2) is 4.20. The molecule has 5 unspecified atom stereocenters. The summed E-state index contributed by atoms with van der Waals surface area (Å²) in [4.78, 5) is 11.5. The van der Waals surface area contributed by atoms with Crippen LogP contribution in [0.5, 0.6) is 0 Å². The van der Waals surface area contributed by atoms with Gasteiger partial charge in [0.05, 0.1) is 30.8 Å². The van der Waals surface area contributed by atoms with Crippen molar-refractivity contribution in [3.8, 4) is 0 Å². The van der Waals surface area contributed by atoms with E-state index in [1.807, 2.05) is 0 Å². The Kier molecular flexibility index (Phi) is 2.85. The van der Waals surface area contributed by atoms with Gasteiger partial charge in [-0.3, -0.25) is 4.79 Å². The van der Waals surface area contributed by atoms with Crippen LogP contribution in [0, 0.1) is 11.8 Å². The van der Waals surface area contributed by atoms with Crippen molar-refractivity contribution in [1.29, 1.82) is 0 Å². The Bertz CT molecular complexity index is 296. The standard InChI is InChI=1S/C11H16O4S/c12-11-9-6(5-14-11)10-8(4-7(9)15-10)13-2-1-3-16/h6-10,16H,1-5H2. The third kappa shape index (κ3) is 1.57. The summed E-state index contributed by atoms with van der Waals surface area (Å²) >= 11 is 4.15. The average Bonchev–Trinajstić information content (AvgIpc) is 2.91. The number of rotatable bonds is 4. The van der Waals surface area contributed by atoms with Gasteiger partial charge in [0, 0.05) is 18.9 Å². The van der Waals surface area contributed by atoms with Crippen molar-refractivity contribution in [1.82, 2.24) is 0 Å². The van der Waals surface area contributed by atoms with Crippen LogP contribution in [-0.4, -0.2) is 43.2 Å². The van der Waals surface area contributed by atoms with E-state index < -0.39 is 0 Å². The van der Waals surface area contributed by atoms with E-state index in [0.29, 0.717) is 6.61 Å². The Labute approximate surface area is 100 Å². The number of hydrogen-bond acceptors (Lipinski definition) is 5. The molecule has 4 nitrogen and oxygen atoms in total. The van der Waals surface area contributed by atoms with Crippen molar-refractivity contribution in [3.05, 3.63) is 0 Å². The van der Waals surface area contributed by atoms with E-state index in [9.17, 15) is 4.79 Å². The maximum Gasteiger partial charge on any atom is 0.312 e. The minimum Gasteiger partial charge on any atom is -0.465 e. The molecular weight excluding hydrogens is 228 g/mol. The summed E-state index contributed by atoms with van der Waals surface area (Å²) in [5, 5.41) is 0. The molecule has 2 bridgehead atoms. The molecule has 0 amide bonds. The lowest BCUT2D eigenvalue weighted by molar-refractivity contribution is -0.143. The van der Waals surface area contributed by atoms with E-state index >= 15 is 0 Å². The first-order chi connectivity index (χ1) is 7.81. The lowest BCUT2D eigenvalue weighted by atomic mass is 9.80. The molecule has 90 valence electrons. The smallest absolute Gasteiger partial charge is 0.312 e. The molecule has 0 N–H and O–H groups in total. The van der Waals surface area contributed by atoms with Crippen LogP contribution in [0.2, 0.25) is 0 Å². The van der Waals surface area contributed by atoms with Crippen molar-refractivity contribution in [2.45, 2.75) is 31.2 Å². The minimum atomic E-state index is -0.0775. The maximum absolute atomic E-state index is 11.5. The van der Waals surface area contributed by atoms with Crippen molar-refractivity contribution in [2.24, 2.45) is 11.8 Å². The van der Waals surface area contributed by atoms with Gasteiger partial charge >= 0.3 is 5.97 Å². The van der Waals surface area contributed by atoms with E-state index in [1.54, 1.807) is 0 Å². The Hall–Kier alpha value is -0.260. The minimum absolute atomic E-state index is 0.0188. The largest absolute Gasteiger partial charge is 0.465 e. The highest BCUT2D eigenvalue weighted by Crippen LogP contribution is 2.48. The number of cyclic esters (lactones) is 1. The molecule has 5 atom stereocenters. The zero-order valence-corrected chi connectivity index (χ0v) is 9.90. The van der Waals surface area contributed by atoms with Gasteiger partial charge in [-0.1, -0.05) is 0 Å². The highest BCUT2D eigenvalue weighted by molar-refractivity contribution is 7.80. The highest BCUT2D eigenvalue weighted by atomic mass is 32.1. The number of ether oxygens (including phenoxy) is 3. The molecule has 3 rings (SSSR count). The molecule has 0 aromatic heterocycles. The normalized spacial score (nSPS) is 44.8. The Morgan fingerprint density at radius 2 is 2.38 bits per heavy atom. The predicted octanol–water partition coefficient (Wildman–Crippen LogP) is 0.652. The van der Waals surface area contributed by atoms with Crippen LogP contribution in [-0.2, 0) is 19.0 Å². The molecule has 0 saturated carbocycles. The Morgan fingerprint density at radius 1 is 1.50 bits per heavy atom. The zero-order chi connectivity index (χ0) is 11.1. The zero-order valence-electron chi connectivity index (χ0n) is 9.00.